The van der Waals surface area contributed by atoms with Crippen molar-refractivity contribution in [3.63, 3.8) is 0 Å². The fourth-order valence-electron chi connectivity index (χ4n) is 1.74. The molecule has 1 atom stereocenters. The molecule has 2 rings (SSSR count). The van der Waals surface area contributed by atoms with Gasteiger partial charge in [0.05, 0.1) is 15.3 Å². The summed E-state index contributed by atoms with van der Waals surface area (Å²) in [4.78, 5) is 1.13. The highest BCUT2D eigenvalue weighted by atomic mass is 35.5. The molecule has 21 heavy (non-hydrogen) atoms. The maximum Gasteiger partial charge on any atom is 0.241 e. The first-order valence-corrected chi connectivity index (χ1v) is 9.05. The number of hydrogen-bond acceptors (Lipinski definition) is 4. The molecule has 4 nitrogen and oxygen atoms in total. The molecule has 0 bridgehead atoms. The van der Waals surface area contributed by atoms with Gasteiger partial charge in [-0.05, 0) is 31.2 Å². The van der Waals surface area contributed by atoms with Gasteiger partial charge in [-0.25, -0.2) is 13.1 Å². The Bertz CT molecular complexity index is 771. The van der Waals surface area contributed by atoms with Gasteiger partial charge in [0.1, 0.15) is 4.99 Å². The number of sulfonamides is 1. The van der Waals surface area contributed by atoms with E-state index in [1.807, 2.05) is 0 Å². The largest absolute Gasteiger partial charge is 0.389 e. The second-order valence-corrected chi connectivity index (χ2v) is 8.28. The molecule has 0 aliphatic heterocycles. The quantitative estimate of drug-likeness (QED) is 0.804. The van der Waals surface area contributed by atoms with E-state index in [1.54, 1.807) is 31.2 Å². The molecule has 3 N–H and O–H groups in total. The Labute approximate surface area is 138 Å². The molecular weight excluding hydrogens is 348 g/mol. The monoisotopic (exact) mass is 360 g/mol. The maximum atomic E-state index is 12.4. The van der Waals surface area contributed by atoms with Crippen molar-refractivity contribution in [2.75, 3.05) is 0 Å². The van der Waals surface area contributed by atoms with Crippen molar-refractivity contribution in [3.8, 4) is 0 Å². The van der Waals surface area contributed by atoms with Crippen LogP contribution in [0.3, 0.4) is 0 Å². The number of nitrogens with two attached hydrogens (primary N) is 1. The highest BCUT2D eigenvalue weighted by molar-refractivity contribution is 7.89. The lowest BCUT2D eigenvalue weighted by atomic mass is 10.2. The average Bonchev–Trinajstić information content (AvgIpc) is 2.85. The molecule has 0 radical (unpaired) electrons. The van der Waals surface area contributed by atoms with Crippen LogP contribution in [0.15, 0.2) is 41.3 Å². The normalized spacial score (nSPS) is 13.0. The fourth-order valence-corrected chi connectivity index (χ4v) is 4.27. The number of thiophene rings is 1. The third kappa shape index (κ3) is 4.02. The molecule has 1 aromatic heterocycles. The van der Waals surface area contributed by atoms with Crippen LogP contribution in [0.1, 0.15) is 23.4 Å². The van der Waals surface area contributed by atoms with Crippen molar-refractivity contribution in [1.82, 2.24) is 4.72 Å². The molecule has 112 valence electrons. The fraction of sp³-hybridized carbons (Fsp3) is 0.154. The van der Waals surface area contributed by atoms with Gasteiger partial charge in [-0.2, -0.15) is 0 Å². The first-order chi connectivity index (χ1) is 9.79. The smallest absolute Gasteiger partial charge is 0.241 e. The van der Waals surface area contributed by atoms with Gasteiger partial charge in [-0.1, -0.05) is 36.0 Å². The van der Waals surface area contributed by atoms with Crippen LogP contribution in [-0.4, -0.2) is 13.4 Å². The predicted octanol–water partition coefficient (Wildman–Crippen LogP) is 3.08. The zero-order valence-electron chi connectivity index (χ0n) is 11.0. The summed E-state index contributed by atoms with van der Waals surface area (Å²) < 4.78 is 28.0. The van der Waals surface area contributed by atoms with E-state index in [-0.39, 0.29) is 15.9 Å². The summed E-state index contributed by atoms with van der Waals surface area (Å²) in [5, 5.41) is 0. The highest BCUT2D eigenvalue weighted by Gasteiger charge is 2.20. The summed E-state index contributed by atoms with van der Waals surface area (Å²) in [6, 6.07) is 9.39. The van der Waals surface area contributed by atoms with Gasteiger partial charge < -0.3 is 5.73 Å². The average molecular weight is 361 g/mol. The molecule has 1 aromatic carbocycles. The zero-order valence-corrected chi connectivity index (χ0v) is 14.2. The molecular formula is C13H13ClN2O2S3. The van der Waals surface area contributed by atoms with Crippen molar-refractivity contribution in [2.24, 2.45) is 5.73 Å². The Morgan fingerprint density at radius 2 is 2.10 bits per heavy atom. The summed E-state index contributed by atoms with van der Waals surface area (Å²) in [5.41, 5.74) is 6.04. The topological polar surface area (TPSA) is 72.2 Å². The number of hydrogen-bond donors (Lipinski definition) is 2. The second-order valence-electron chi connectivity index (χ2n) is 4.38. The minimum Gasteiger partial charge on any atom is -0.389 e. The Hall–Kier alpha value is -0.990. The SMILES string of the molecule is CC(NS(=O)(=O)c1cccc(C(N)=S)c1)c1ccc(Cl)s1. The summed E-state index contributed by atoms with van der Waals surface area (Å²) >= 11 is 12.1. The van der Waals surface area contributed by atoms with Crippen LogP contribution in [0.5, 0.6) is 0 Å². The van der Waals surface area contributed by atoms with E-state index in [0.717, 1.165) is 4.88 Å². The number of nitrogens with one attached hydrogen (secondary N) is 1. The van der Waals surface area contributed by atoms with Crippen molar-refractivity contribution in [1.29, 1.82) is 0 Å². The van der Waals surface area contributed by atoms with Gasteiger partial charge in [-0.3, -0.25) is 0 Å². The van der Waals surface area contributed by atoms with Gasteiger partial charge in [-0.15, -0.1) is 11.3 Å². The predicted molar refractivity (Wildman–Crippen MR) is 90.4 cm³/mol. The number of thiocarbonyl (C=S) groups is 1. The van der Waals surface area contributed by atoms with Crippen molar-refractivity contribution >= 4 is 50.2 Å². The molecule has 0 aliphatic rings. The van der Waals surface area contributed by atoms with E-state index in [1.165, 1.54) is 23.5 Å². The standard InChI is InChI=1S/C13H13ClN2O2S3/c1-8(11-5-6-12(14)20-11)16-21(17,18)10-4-2-3-9(7-10)13(15)19/h2-8,16H,1H3,(H2,15,19). The van der Waals surface area contributed by atoms with E-state index in [4.69, 9.17) is 29.6 Å². The lowest BCUT2D eigenvalue weighted by Crippen LogP contribution is -2.26. The Morgan fingerprint density at radius 3 is 2.67 bits per heavy atom. The van der Waals surface area contributed by atoms with Crippen LogP contribution in [0.2, 0.25) is 4.34 Å². The molecule has 0 saturated carbocycles. The Kier molecular flexibility index (Phi) is 5.00. The van der Waals surface area contributed by atoms with Crippen LogP contribution in [-0.2, 0) is 10.0 Å². The van der Waals surface area contributed by atoms with E-state index in [0.29, 0.717) is 9.90 Å². The van der Waals surface area contributed by atoms with Crippen LogP contribution in [0.25, 0.3) is 0 Å². The molecule has 8 heteroatoms. The van der Waals surface area contributed by atoms with Crippen molar-refractivity contribution in [3.05, 3.63) is 51.2 Å². The van der Waals surface area contributed by atoms with Gasteiger partial charge in [0.25, 0.3) is 0 Å². The van der Waals surface area contributed by atoms with Crippen LogP contribution < -0.4 is 10.5 Å². The van der Waals surface area contributed by atoms with Gasteiger partial charge >= 0.3 is 0 Å². The number of rotatable bonds is 5. The molecule has 0 fully saturated rings. The highest BCUT2D eigenvalue weighted by Crippen LogP contribution is 2.27. The summed E-state index contributed by atoms with van der Waals surface area (Å²) in [6.07, 6.45) is 0. The molecule has 0 spiro atoms. The first-order valence-electron chi connectivity index (χ1n) is 5.97. The van der Waals surface area contributed by atoms with Crippen molar-refractivity contribution in [2.45, 2.75) is 17.9 Å². The second kappa shape index (κ2) is 6.41. The van der Waals surface area contributed by atoms with Crippen LogP contribution in [0, 0.1) is 0 Å². The minimum atomic E-state index is -3.66. The maximum absolute atomic E-state index is 12.4. The molecule has 2 aromatic rings. The molecule has 1 heterocycles. The third-order valence-electron chi connectivity index (χ3n) is 2.78. The summed E-state index contributed by atoms with van der Waals surface area (Å²) in [7, 11) is -3.66. The van der Waals surface area contributed by atoms with Crippen molar-refractivity contribution < 1.29 is 8.42 Å². The van der Waals surface area contributed by atoms with E-state index in [9.17, 15) is 8.42 Å². The lowest BCUT2D eigenvalue weighted by Gasteiger charge is -2.13. The zero-order chi connectivity index (χ0) is 15.6. The summed E-state index contributed by atoms with van der Waals surface area (Å²) in [5.74, 6) is 0. The Balaban J connectivity index is 2.26. The van der Waals surface area contributed by atoms with Gasteiger partial charge in [0.2, 0.25) is 10.0 Å². The van der Waals surface area contributed by atoms with Crippen LogP contribution >= 0.6 is 35.2 Å². The Morgan fingerprint density at radius 1 is 1.38 bits per heavy atom. The van der Waals surface area contributed by atoms with Crippen LogP contribution in [0.4, 0.5) is 0 Å². The number of benzene rings is 1. The van der Waals surface area contributed by atoms with E-state index < -0.39 is 10.0 Å². The summed E-state index contributed by atoms with van der Waals surface area (Å²) in [6.45, 7) is 1.76. The minimum absolute atomic E-state index is 0.127. The first kappa shape index (κ1) is 16.4. The number of halogens is 1. The van der Waals surface area contributed by atoms with E-state index in [2.05, 4.69) is 4.72 Å². The molecule has 0 saturated heterocycles. The lowest BCUT2D eigenvalue weighted by molar-refractivity contribution is 0.568. The molecule has 1 unspecified atom stereocenters. The van der Waals surface area contributed by atoms with Gasteiger partial charge in [0.15, 0.2) is 0 Å². The molecule has 0 amide bonds. The third-order valence-corrected chi connectivity index (χ3v) is 5.97. The molecule has 0 aliphatic carbocycles. The van der Waals surface area contributed by atoms with E-state index >= 15 is 0 Å². The van der Waals surface area contributed by atoms with Gasteiger partial charge in [0, 0.05) is 10.4 Å².